The zero-order valence-electron chi connectivity index (χ0n) is 15.0. The highest BCUT2D eigenvalue weighted by Crippen LogP contribution is 2.18. The van der Waals surface area contributed by atoms with Gasteiger partial charge in [-0.1, -0.05) is 41.5 Å². The van der Waals surface area contributed by atoms with Crippen LogP contribution in [-0.4, -0.2) is 17.4 Å². The molecule has 2 rings (SSSR count). The van der Waals surface area contributed by atoms with Gasteiger partial charge in [0.05, 0.1) is 0 Å². The summed E-state index contributed by atoms with van der Waals surface area (Å²) >= 11 is 0. The molecule has 1 heterocycles. The molecule has 0 spiro atoms. The number of carbonyl (C=O) groups excluding carboxylic acids is 1. The average Bonchev–Trinajstić information content (AvgIpc) is 2.96. The van der Waals surface area contributed by atoms with Crippen molar-refractivity contribution in [1.29, 1.82) is 0 Å². The normalized spacial score (nSPS) is 11.5. The van der Waals surface area contributed by atoms with Crippen LogP contribution in [0.25, 0.3) is 10.9 Å². The summed E-state index contributed by atoms with van der Waals surface area (Å²) in [6, 6.07) is 8.20. The molecule has 2 aromatic rings. The van der Waals surface area contributed by atoms with Crippen molar-refractivity contribution in [2.75, 3.05) is 6.54 Å². The number of benzene rings is 1. The van der Waals surface area contributed by atoms with Crippen molar-refractivity contribution in [3.8, 4) is 0 Å². The fourth-order valence-corrected chi connectivity index (χ4v) is 2.70. The first-order chi connectivity index (χ1) is 11.6. The van der Waals surface area contributed by atoms with Crippen LogP contribution in [0.2, 0.25) is 0 Å². The van der Waals surface area contributed by atoms with E-state index < -0.39 is 0 Å². The van der Waals surface area contributed by atoms with E-state index in [0.29, 0.717) is 13.0 Å². The molecule has 0 unspecified atom stereocenters. The van der Waals surface area contributed by atoms with Crippen molar-refractivity contribution in [2.24, 2.45) is 0 Å². The molecule has 24 heavy (non-hydrogen) atoms. The first-order valence-corrected chi connectivity index (χ1v) is 8.67. The third-order valence-electron chi connectivity index (χ3n) is 4.14. The summed E-state index contributed by atoms with van der Waals surface area (Å²) in [5.74, 6) is 0.105. The molecular weight excluding hydrogens is 296 g/mol. The van der Waals surface area contributed by atoms with Crippen LogP contribution < -0.4 is 5.32 Å². The van der Waals surface area contributed by atoms with E-state index in [4.69, 9.17) is 0 Å². The van der Waals surface area contributed by atoms with Gasteiger partial charge in [-0.05, 0) is 51.7 Å². The summed E-state index contributed by atoms with van der Waals surface area (Å²) in [7, 11) is 0. The smallest absolute Gasteiger partial charge is 0.220 e. The number of aromatic amines is 1. The Kier molecular flexibility index (Phi) is 6.86. The van der Waals surface area contributed by atoms with E-state index in [0.717, 1.165) is 24.8 Å². The molecule has 3 heteroatoms. The van der Waals surface area contributed by atoms with Gasteiger partial charge in [-0.25, -0.2) is 0 Å². The van der Waals surface area contributed by atoms with Crippen LogP contribution in [0.3, 0.4) is 0 Å². The number of para-hydroxylation sites is 1. The van der Waals surface area contributed by atoms with Crippen molar-refractivity contribution < 1.29 is 4.79 Å². The second-order valence-electron chi connectivity index (χ2n) is 6.53. The van der Waals surface area contributed by atoms with Crippen molar-refractivity contribution in [3.05, 3.63) is 59.3 Å². The average molecular weight is 324 g/mol. The van der Waals surface area contributed by atoms with Crippen molar-refractivity contribution in [1.82, 2.24) is 10.3 Å². The number of aryl methyl sites for hydroxylation is 1. The lowest BCUT2D eigenvalue weighted by atomic mass is 10.1. The molecule has 3 nitrogen and oxygen atoms in total. The highest BCUT2D eigenvalue weighted by molar-refractivity contribution is 5.84. The van der Waals surface area contributed by atoms with Gasteiger partial charge in [0.1, 0.15) is 0 Å². The highest BCUT2D eigenvalue weighted by atomic mass is 16.1. The van der Waals surface area contributed by atoms with Gasteiger partial charge in [0.2, 0.25) is 5.91 Å². The van der Waals surface area contributed by atoms with E-state index in [1.165, 1.54) is 22.1 Å². The van der Waals surface area contributed by atoms with E-state index >= 15 is 0 Å². The van der Waals surface area contributed by atoms with E-state index in [-0.39, 0.29) is 5.91 Å². The number of H-pyrrole nitrogens is 1. The molecule has 0 atom stereocenters. The van der Waals surface area contributed by atoms with Gasteiger partial charge in [-0.3, -0.25) is 4.79 Å². The molecular formula is C21H28N2O. The third-order valence-corrected chi connectivity index (χ3v) is 4.14. The summed E-state index contributed by atoms with van der Waals surface area (Å²) in [5, 5.41) is 4.19. The van der Waals surface area contributed by atoms with E-state index in [1.807, 2.05) is 18.3 Å². The first kappa shape index (κ1) is 18.1. The minimum absolute atomic E-state index is 0.105. The van der Waals surface area contributed by atoms with Gasteiger partial charge in [-0.15, -0.1) is 0 Å². The number of fused-ring (bicyclic) bond motifs is 1. The zero-order chi connectivity index (χ0) is 17.4. The number of rotatable bonds is 8. The van der Waals surface area contributed by atoms with Crippen molar-refractivity contribution in [2.45, 2.75) is 46.5 Å². The molecule has 0 aliphatic carbocycles. The minimum Gasteiger partial charge on any atom is -0.361 e. The van der Waals surface area contributed by atoms with Crippen LogP contribution >= 0.6 is 0 Å². The Morgan fingerprint density at radius 3 is 2.71 bits per heavy atom. The molecule has 1 aromatic heterocycles. The van der Waals surface area contributed by atoms with Crippen LogP contribution in [0.5, 0.6) is 0 Å². The molecule has 0 saturated heterocycles. The highest BCUT2D eigenvalue weighted by Gasteiger charge is 2.06. The van der Waals surface area contributed by atoms with Gasteiger partial charge in [-0.2, -0.15) is 0 Å². The standard InChI is InChI=1S/C21H28N2O/c1-16(2)7-6-8-17(3)13-14-22-21(24)12-11-18-15-23-20-10-5-4-9-19(18)20/h4-5,7,9-10,13,15,23H,6,8,11-12,14H2,1-3H3,(H,22,24)/b17-13-. The second kappa shape index (κ2) is 9.11. The second-order valence-corrected chi connectivity index (χ2v) is 6.53. The Labute approximate surface area is 144 Å². The molecule has 1 amide bonds. The van der Waals surface area contributed by atoms with Crippen LogP contribution in [0.4, 0.5) is 0 Å². The van der Waals surface area contributed by atoms with Crippen LogP contribution in [0, 0.1) is 0 Å². The van der Waals surface area contributed by atoms with Gasteiger partial charge in [0.15, 0.2) is 0 Å². The lowest BCUT2D eigenvalue weighted by Crippen LogP contribution is -2.23. The fourth-order valence-electron chi connectivity index (χ4n) is 2.70. The number of aromatic nitrogens is 1. The SMILES string of the molecule is CC(C)=CCC/C(C)=C\CNC(=O)CCc1c[nH]c2ccccc12. The summed E-state index contributed by atoms with van der Waals surface area (Å²) < 4.78 is 0. The van der Waals surface area contributed by atoms with Gasteiger partial charge in [0.25, 0.3) is 0 Å². The summed E-state index contributed by atoms with van der Waals surface area (Å²) in [5.41, 5.74) is 5.01. The first-order valence-electron chi connectivity index (χ1n) is 8.67. The van der Waals surface area contributed by atoms with E-state index in [2.05, 4.69) is 55.4 Å². The molecule has 0 radical (unpaired) electrons. The molecule has 0 aliphatic rings. The summed E-state index contributed by atoms with van der Waals surface area (Å²) in [6.07, 6.45) is 9.77. The Hall–Kier alpha value is -2.29. The lowest BCUT2D eigenvalue weighted by Gasteiger charge is -2.04. The molecule has 0 bridgehead atoms. The van der Waals surface area contributed by atoms with Crippen LogP contribution in [-0.2, 0) is 11.2 Å². The molecule has 0 aliphatic heterocycles. The maximum absolute atomic E-state index is 12.0. The third kappa shape index (κ3) is 5.73. The quantitative estimate of drug-likeness (QED) is 0.666. The zero-order valence-corrected chi connectivity index (χ0v) is 15.0. The fraction of sp³-hybridized carbons (Fsp3) is 0.381. The lowest BCUT2D eigenvalue weighted by molar-refractivity contribution is -0.120. The summed E-state index contributed by atoms with van der Waals surface area (Å²) in [6.45, 7) is 6.98. The van der Waals surface area contributed by atoms with E-state index in [1.54, 1.807) is 0 Å². The number of hydrogen-bond acceptors (Lipinski definition) is 1. The van der Waals surface area contributed by atoms with Crippen LogP contribution in [0.15, 0.2) is 53.8 Å². The predicted molar refractivity (Wildman–Crippen MR) is 102 cm³/mol. The van der Waals surface area contributed by atoms with E-state index in [9.17, 15) is 4.79 Å². The predicted octanol–water partition coefficient (Wildman–Crippen LogP) is 4.91. The van der Waals surface area contributed by atoms with Crippen LogP contribution in [0.1, 0.15) is 45.6 Å². The summed E-state index contributed by atoms with van der Waals surface area (Å²) in [4.78, 5) is 15.3. The number of amides is 1. The maximum Gasteiger partial charge on any atom is 0.220 e. The number of nitrogens with one attached hydrogen (secondary N) is 2. The Balaban J connectivity index is 1.72. The topological polar surface area (TPSA) is 44.9 Å². The Morgan fingerprint density at radius 1 is 1.12 bits per heavy atom. The minimum atomic E-state index is 0.105. The molecule has 2 N–H and O–H groups in total. The Morgan fingerprint density at radius 2 is 1.92 bits per heavy atom. The molecule has 0 fully saturated rings. The molecule has 0 saturated carbocycles. The molecule has 1 aromatic carbocycles. The van der Waals surface area contributed by atoms with Crippen molar-refractivity contribution in [3.63, 3.8) is 0 Å². The number of hydrogen-bond donors (Lipinski definition) is 2. The Bertz CT molecular complexity index is 733. The molecule has 128 valence electrons. The monoisotopic (exact) mass is 324 g/mol. The maximum atomic E-state index is 12.0. The van der Waals surface area contributed by atoms with Crippen molar-refractivity contribution >= 4 is 16.8 Å². The van der Waals surface area contributed by atoms with Gasteiger partial charge in [0, 0.05) is 30.1 Å². The number of allylic oxidation sites excluding steroid dienone is 3. The largest absolute Gasteiger partial charge is 0.361 e. The number of carbonyl (C=O) groups is 1. The van der Waals surface area contributed by atoms with Gasteiger partial charge < -0.3 is 10.3 Å². The van der Waals surface area contributed by atoms with Gasteiger partial charge >= 0.3 is 0 Å².